The largest absolute Gasteiger partial charge is 0.342 e. The van der Waals surface area contributed by atoms with Gasteiger partial charge >= 0.3 is 0 Å². The number of rotatable bonds is 2. The SMILES string of the molecule is CC(=O)N1CCCC(C(=O)Nc2cnc(C(C)(C)C)nc2)C1. The molecular formula is C16H24N4O2. The van der Waals surface area contributed by atoms with Crippen LogP contribution in [0.1, 0.15) is 46.4 Å². The lowest BCUT2D eigenvalue weighted by Crippen LogP contribution is -2.42. The summed E-state index contributed by atoms with van der Waals surface area (Å²) in [6, 6.07) is 0. The molecule has 120 valence electrons. The van der Waals surface area contributed by atoms with Crippen LogP contribution in [-0.4, -0.2) is 39.8 Å². The Hall–Kier alpha value is -1.98. The molecule has 1 aliphatic heterocycles. The van der Waals surface area contributed by atoms with Crippen LogP contribution in [0.4, 0.5) is 5.69 Å². The van der Waals surface area contributed by atoms with Crippen LogP contribution in [0.2, 0.25) is 0 Å². The van der Waals surface area contributed by atoms with E-state index >= 15 is 0 Å². The molecule has 6 nitrogen and oxygen atoms in total. The van der Waals surface area contributed by atoms with Gasteiger partial charge < -0.3 is 10.2 Å². The first kappa shape index (κ1) is 16.4. The zero-order chi connectivity index (χ0) is 16.3. The highest BCUT2D eigenvalue weighted by Crippen LogP contribution is 2.20. The maximum atomic E-state index is 12.3. The van der Waals surface area contributed by atoms with E-state index in [-0.39, 0.29) is 23.1 Å². The molecule has 0 aliphatic carbocycles. The second-order valence-corrected chi connectivity index (χ2v) is 6.84. The van der Waals surface area contributed by atoms with Crippen molar-refractivity contribution in [2.75, 3.05) is 18.4 Å². The molecule has 0 radical (unpaired) electrons. The number of carbonyl (C=O) groups excluding carboxylic acids is 2. The Kier molecular flexibility index (Phi) is 4.78. The summed E-state index contributed by atoms with van der Waals surface area (Å²) in [5.74, 6) is 0.527. The second kappa shape index (κ2) is 6.42. The van der Waals surface area contributed by atoms with E-state index in [1.165, 1.54) is 0 Å². The van der Waals surface area contributed by atoms with Gasteiger partial charge in [0, 0.05) is 25.4 Å². The van der Waals surface area contributed by atoms with Gasteiger partial charge in [0.25, 0.3) is 0 Å². The van der Waals surface area contributed by atoms with Crippen molar-refractivity contribution >= 4 is 17.5 Å². The highest BCUT2D eigenvalue weighted by Gasteiger charge is 2.27. The lowest BCUT2D eigenvalue weighted by Gasteiger charge is -2.31. The zero-order valence-corrected chi connectivity index (χ0v) is 13.7. The number of amides is 2. The van der Waals surface area contributed by atoms with E-state index in [4.69, 9.17) is 0 Å². The zero-order valence-electron chi connectivity index (χ0n) is 13.7. The smallest absolute Gasteiger partial charge is 0.229 e. The van der Waals surface area contributed by atoms with Crippen molar-refractivity contribution in [2.24, 2.45) is 5.92 Å². The molecule has 2 amide bonds. The quantitative estimate of drug-likeness (QED) is 0.906. The third-order valence-electron chi connectivity index (χ3n) is 3.83. The molecule has 1 aromatic heterocycles. The van der Waals surface area contributed by atoms with Crippen molar-refractivity contribution < 1.29 is 9.59 Å². The molecule has 0 bridgehead atoms. The number of hydrogen-bond donors (Lipinski definition) is 1. The van der Waals surface area contributed by atoms with E-state index in [2.05, 4.69) is 15.3 Å². The van der Waals surface area contributed by atoms with Crippen LogP contribution in [0.25, 0.3) is 0 Å². The van der Waals surface area contributed by atoms with Crippen LogP contribution in [0.3, 0.4) is 0 Å². The van der Waals surface area contributed by atoms with Crippen molar-refractivity contribution in [3.63, 3.8) is 0 Å². The minimum atomic E-state index is -0.167. The van der Waals surface area contributed by atoms with Gasteiger partial charge in [0.15, 0.2) is 0 Å². The van der Waals surface area contributed by atoms with E-state index in [1.807, 2.05) is 20.8 Å². The van der Waals surface area contributed by atoms with Crippen LogP contribution < -0.4 is 5.32 Å². The first-order valence-corrected chi connectivity index (χ1v) is 7.66. The lowest BCUT2D eigenvalue weighted by molar-refractivity contribution is -0.132. The molecule has 1 atom stereocenters. The third kappa shape index (κ3) is 4.02. The fourth-order valence-electron chi connectivity index (χ4n) is 2.50. The lowest BCUT2D eigenvalue weighted by atomic mass is 9.96. The van der Waals surface area contributed by atoms with E-state index in [0.29, 0.717) is 12.2 Å². The number of carbonyl (C=O) groups is 2. The van der Waals surface area contributed by atoms with E-state index < -0.39 is 0 Å². The number of piperidine rings is 1. The Labute approximate surface area is 131 Å². The Morgan fingerprint density at radius 2 is 1.91 bits per heavy atom. The maximum Gasteiger partial charge on any atom is 0.229 e. The molecule has 1 aromatic rings. The molecule has 1 unspecified atom stereocenters. The average molecular weight is 304 g/mol. The van der Waals surface area contributed by atoms with Gasteiger partial charge in [0.05, 0.1) is 24.0 Å². The molecule has 2 heterocycles. The fraction of sp³-hybridized carbons (Fsp3) is 0.625. The molecule has 0 saturated carbocycles. The highest BCUT2D eigenvalue weighted by atomic mass is 16.2. The Morgan fingerprint density at radius 3 is 2.45 bits per heavy atom. The summed E-state index contributed by atoms with van der Waals surface area (Å²) in [5, 5.41) is 2.85. The molecule has 0 aromatic carbocycles. The summed E-state index contributed by atoms with van der Waals surface area (Å²) in [6.45, 7) is 8.89. The molecular weight excluding hydrogens is 280 g/mol. The van der Waals surface area contributed by atoms with Crippen molar-refractivity contribution in [2.45, 2.75) is 46.0 Å². The monoisotopic (exact) mass is 304 g/mol. The van der Waals surface area contributed by atoms with E-state index in [9.17, 15) is 9.59 Å². The van der Waals surface area contributed by atoms with Crippen LogP contribution in [0.15, 0.2) is 12.4 Å². The molecule has 1 saturated heterocycles. The van der Waals surface area contributed by atoms with Crippen LogP contribution in [0.5, 0.6) is 0 Å². The van der Waals surface area contributed by atoms with Gasteiger partial charge in [-0.25, -0.2) is 9.97 Å². The summed E-state index contributed by atoms with van der Waals surface area (Å²) < 4.78 is 0. The number of nitrogens with one attached hydrogen (secondary N) is 1. The minimum absolute atomic E-state index is 0.0235. The Balaban J connectivity index is 1.98. The van der Waals surface area contributed by atoms with Gasteiger partial charge in [0.2, 0.25) is 11.8 Å². The molecule has 6 heteroatoms. The van der Waals surface area contributed by atoms with Crippen LogP contribution in [0, 0.1) is 5.92 Å². The second-order valence-electron chi connectivity index (χ2n) is 6.84. The fourth-order valence-corrected chi connectivity index (χ4v) is 2.50. The van der Waals surface area contributed by atoms with E-state index in [1.54, 1.807) is 24.2 Å². The average Bonchev–Trinajstić information content (AvgIpc) is 2.47. The van der Waals surface area contributed by atoms with Gasteiger partial charge in [-0.05, 0) is 12.8 Å². The standard InChI is InChI=1S/C16H24N4O2/c1-11(21)20-7-5-6-12(10-20)14(22)19-13-8-17-15(18-9-13)16(2,3)4/h8-9,12H,5-7,10H2,1-4H3,(H,19,22). The summed E-state index contributed by atoms with van der Waals surface area (Å²) in [5.41, 5.74) is 0.478. The highest BCUT2D eigenvalue weighted by molar-refractivity contribution is 5.92. The van der Waals surface area contributed by atoms with Crippen molar-refractivity contribution in [1.82, 2.24) is 14.9 Å². The predicted octanol–water partition coefficient (Wildman–Crippen LogP) is 1.97. The van der Waals surface area contributed by atoms with E-state index in [0.717, 1.165) is 25.2 Å². The third-order valence-corrected chi connectivity index (χ3v) is 3.83. The molecule has 1 fully saturated rings. The first-order valence-electron chi connectivity index (χ1n) is 7.66. The topological polar surface area (TPSA) is 75.2 Å². The summed E-state index contributed by atoms with van der Waals surface area (Å²) >= 11 is 0. The van der Waals surface area contributed by atoms with Crippen molar-refractivity contribution in [3.05, 3.63) is 18.2 Å². The Morgan fingerprint density at radius 1 is 1.27 bits per heavy atom. The summed E-state index contributed by atoms with van der Waals surface area (Å²) in [4.78, 5) is 34.1. The molecule has 22 heavy (non-hydrogen) atoms. The summed E-state index contributed by atoms with van der Waals surface area (Å²) in [6.07, 6.45) is 4.93. The van der Waals surface area contributed by atoms with Gasteiger partial charge in [-0.15, -0.1) is 0 Å². The molecule has 0 spiro atoms. The number of anilines is 1. The first-order chi connectivity index (χ1) is 10.3. The van der Waals surface area contributed by atoms with Crippen molar-refractivity contribution in [3.8, 4) is 0 Å². The molecule has 1 N–H and O–H groups in total. The van der Waals surface area contributed by atoms with Crippen LogP contribution in [-0.2, 0) is 15.0 Å². The van der Waals surface area contributed by atoms with Crippen LogP contribution >= 0.6 is 0 Å². The molecule has 2 rings (SSSR count). The summed E-state index contributed by atoms with van der Waals surface area (Å²) in [7, 11) is 0. The molecule has 1 aliphatic rings. The van der Waals surface area contributed by atoms with Gasteiger partial charge in [-0.1, -0.05) is 20.8 Å². The number of aromatic nitrogens is 2. The number of hydrogen-bond acceptors (Lipinski definition) is 4. The van der Waals surface area contributed by atoms with Gasteiger partial charge in [0.1, 0.15) is 5.82 Å². The maximum absolute atomic E-state index is 12.3. The van der Waals surface area contributed by atoms with Gasteiger partial charge in [-0.2, -0.15) is 0 Å². The Bertz CT molecular complexity index is 548. The van der Waals surface area contributed by atoms with Gasteiger partial charge in [-0.3, -0.25) is 9.59 Å². The van der Waals surface area contributed by atoms with Crippen molar-refractivity contribution in [1.29, 1.82) is 0 Å². The number of likely N-dealkylation sites (tertiary alicyclic amines) is 1. The normalized spacial score (nSPS) is 18.9. The minimum Gasteiger partial charge on any atom is -0.342 e. The predicted molar refractivity (Wildman–Crippen MR) is 84.3 cm³/mol. The number of nitrogens with zero attached hydrogens (tertiary/aromatic N) is 3.